The maximum Gasteiger partial charge on any atom is 0.356 e. The number of fused-ring (bicyclic) bond motifs is 4. The fourth-order valence-electron chi connectivity index (χ4n) is 4.91. The Balaban J connectivity index is 0.000000147. The molecule has 0 aliphatic heterocycles. The van der Waals surface area contributed by atoms with Crippen LogP contribution in [-0.4, -0.2) is 93.7 Å². The number of imidazole rings is 4. The van der Waals surface area contributed by atoms with E-state index < -0.39 is 35.7 Å². The fourth-order valence-corrected chi connectivity index (χ4v) is 4.91. The first-order valence-electron chi connectivity index (χ1n) is 15.9. The van der Waals surface area contributed by atoms with Crippen molar-refractivity contribution in [3.05, 3.63) is 143 Å². The van der Waals surface area contributed by atoms with Gasteiger partial charge >= 0.3 is 23.9 Å². The zero-order valence-corrected chi connectivity index (χ0v) is 29.1. The summed E-state index contributed by atoms with van der Waals surface area (Å²) in [5.74, 6) is -5.64. The lowest BCUT2D eigenvalue weighted by atomic mass is 10.2. The summed E-state index contributed by atoms with van der Waals surface area (Å²) in [6.45, 7) is 0. The lowest BCUT2D eigenvalue weighted by molar-refractivity contribution is 0.0680. The summed E-state index contributed by atoms with van der Waals surface area (Å²) >= 11 is 0. The van der Waals surface area contributed by atoms with E-state index in [1.807, 2.05) is 12.1 Å². The standard InChI is InChI=1S/2C9H7N3O3.2C9H5N3O2/c10-8(13)5-1-2-7-11-6(9(14)15)4-12(7)3-5;10-7(13)5-2-1-3-12-4-6(9(14)15)11-8(5)12;10-3-6-1-2-8-11-7(9(13)14)5-12(8)4-6;10-4-6-2-1-3-12-5-7(9(13)14)11-8(6)12/h2*1-4H,(H2,10,13)(H,14,15);1-2,4-5H,(H,13,14);1-3,5H,(H,13,14). The maximum absolute atomic E-state index is 11.0. The first kappa shape index (κ1) is 39.8. The molecule has 0 saturated heterocycles. The molecule has 0 atom stereocenters. The van der Waals surface area contributed by atoms with Gasteiger partial charge in [0.2, 0.25) is 5.91 Å². The van der Waals surface area contributed by atoms with Crippen LogP contribution < -0.4 is 11.5 Å². The van der Waals surface area contributed by atoms with Crippen LogP contribution in [-0.2, 0) is 0 Å². The number of carboxylic acids is 4. The first-order chi connectivity index (χ1) is 27.6. The van der Waals surface area contributed by atoms with Gasteiger partial charge < -0.3 is 49.5 Å². The number of carboxylic acid groups (broad SMARTS) is 4. The van der Waals surface area contributed by atoms with E-state index in [9.17, 15) is 28.8 Å². The van der Waals surface area contributed by atoms with E-state index in [0.717, 1.165) is 0 Å². The van der Waals surface area contributed by atoms with Gasteiger partial charge in [-0.2, -0.15) is 10.5 Å². The van der Waals surface area contributed by atoms with Gasteiger partial charge in [-0.05, 0) is 48.5 Å². The number of carbonyl (C=O) groups excluding carboxylic acids is 2. The van der Waals surface area contributed by atoms with Gasteiger partial charge in [0, 0.05) is 49.6 Å². The van der Waals surface area contributed by atoms with Crippen molar-refractivity contribution in [3.8, 4) is 12.1 Å². The molecule has 0 saturated carbocycles. The Morgan fingerprint density at radius 3 is 1.48 bits per heavy atom. The molecule has 8 N–H and O–H groups in total. The number of carbonyl (C=O) groups is 6. The molecule has 0 fully saturated rings. The molecule has 8 heterocycles. The Hall–Kier alpha value is -9.44. The zero-order chi connectivity index (χ0) is 42.3. The molecular formula is C36H24N12O10. The number of rotatable bonds is 6. The number of nitrogens with two attached hydrogens (primary N) is 2. The third kappa shape index (κ3) is 8.84. The summed E-state index contributed by atoms with van der Waals surface area (Å²) in [5, 5.41) is 52.1. The second-order valence-corrected chi connectivity index (χ2v) is 11.3. The van der Waals surface area contributed by atoms with E-state index in [4.69, 9.17) is 42.4 Å². The van der Waals surface area contributed by atoms with Crippen LogP contribution in [0.3, 0.4) is 0 Å². The van der Waals surface area contributed by atoms with E-state index in [1.54, 1.807) is 42.7 Å². The van der Waals surface area contributed by atoms with Crippen molar-refractivity contribution in [2.45, 2.75) is 0 Å². The van der Waals surface area contributed by atoms with Crippen molar-refractivity contribution in [1.82, 2.24) is 37.5 Å². The quantitative estimate of drug-likeness (QED) is 0.140. The number of nitriles is 2. The molecule has 8 aromatic heterocycles. The number of hydrogen-bond acceptors (Lipinski definition) is 12. The lowest BCUT2D eigenvalue weighted by Crippen LogP contribution is -2.12. The Morgan fingerprint density at radius 2 is 0.983 bits per heavy atom. The van der Waals surface area contributed by atoms with Gasteiger partial charge in [0.05, 0.1) is 22.3 Å². The van der Waals surface area contributed by atoms with Crippen LogP contribution in [0, 0.1) is 22.7 Å². The number of pyridine rings is 4. The molecule has 0 spiro atoms. The number of nitrogens with zero attached hydrogens (tertiary/aromatic N) is 10. The summed E-state index contributed by atoms with van der Waals surface area (Å²) < 4.78 is 5.93. The predicted octanol–water partition coefficient (Wildman–Crippen LogP) is 2.07. The van der Waals surface area contributed by atoms with Crippen molar-refractivity contribution >= 4 is 58.3 Å². The van der Waals surface area contributed by atoms with Gasteiger partial charge in [-0.15, -0.1) is 0 Å². The van der Waals surface area contributed by atoms with Crippen molar-refractivity contribution < 1.29 is 49.2 Å². The summed E-state index contributed by atoms with van der Waals surface area (Å²) in [5.41, 5.74) is 12.8. The van der Waals surface area contributed by atoms with Crippen LogP contribution >= 0.6 is 0 Å². The molecule has 22 heteroatoms. The molecule has 2 amide bonds. The lowest BCUT2D eigenvalue weighted by Gasteiger charge is -1.96. The van der Waals surface area contributed by atoms with E-state index in [-0.39, 0.29) is 34.0 Å². The second kappa shape index (κ2) is 16.7. The Morgan fingerprint density at radius 1 is 0.517 bits per heavy atom. The summed E-state index contributed by atoms with van der Waals surface area (Å²) in [4.78, 5) is 79.6. The summed E-state index contributed by atoms with van der Waals surface area (Å²) in [6.07, 6.45) is 11.6. The average molecular weight is 785 g/mol. The predicted molar refractivity (Wildman–Crippen MR) is 195 cm³/mol. The van der Waals surface area contributed by atoms with Gasteiger partial charge in [-0.25, -0.2) is 39.1 Å². The van der Waals surface area contributed by atoms with Crippen LogP contribution in [0.1, 0.15) is 73.8 Å². The molecular weight excluding hydrogens is 760 g/mol. The van der Waals surface area contributed by atoms with Crippen LogP contribution in [0.15, 0.2) is 98.1 Å². The molecule has 8 rings (SSSR count). The molecule has 58 heavy (non-hydrogen) atoms. The molecule has 8 aromatic rings. The largest absolute Gasteiger partial charge is 0.476 e. The molecule has 0 radical (unpaired) electrons. The van der Waals surface area contributed by atoms with Crippen molar-refractivity contribution in [3.63, 3.8) is 0 Å². The monoisotopic (exact) mass is 784 g/mol. The van der Waals surface area contributed by atoms with E-state index in [0.29, 0.717) is 33.6 Å². The van der Waals surface area contributed by atoms with Crippen molar-refractivity contribution in [2.75, 3.05) is 0 Å². The molecule has 288 valence electrons. The molecule has 22 nitrogen and oxygen atoms in total. The van der Waals surface area contributed by atoms with Crippen LogP contribution in [0.25, 0.3) is 22.6 Å². The Bertz CT molecular complexity index is 3020. The van der Waals surface area contributed by atoms with Gasteiger partial charge in [0.25, 0.3) is 5.91 Å². The molecule has 0 bridgehead atoms. The Labute approximate surface area is 322 Å². The third-order valence-electron chi connectivity index (χ3n) is 7.54. The molecule has 0 aromatic carbocycles. The number of amides is 2. The highest BCUT2D eigenvalue weighted by molar-refractivity contribution is 5.99. The van der Waals surface area contributed by atoms with E-state index in [2.05, 4.69) is 19.9 Å². The summed E-state index contributed by atoms with van der Waals surface area (Å²) in [6, 6.07) is 16.5. The normalized spacial score (nSPS) is 10.2. The smallest absolute Gasteiger partial charge is 0.356 e. The number of hydrogen-bond donors (Lipinski definition) is 6. The van der Waals surface area contributed by atoms with Gasteiger partial charge in [-0.3, -0.25) is 9.59 Å². The van der Waals surface area contributed by atoms with Gasteiger partial charge in [-0.1, -0.05) is 0 Å². The van der Waals surface area contributed by atoms with Crippen molar-refractivity contribution in [1.29, 1.82) is 10.5 Å². The molecule has 0 aliphatic rings. The summed E-state index contributed by atoms with van der Waals surface area (Å²) in [7, 11) is 0. The zero-order valence-electron chi connectivity index (χ0n) is 29.1. The van der Waals surface area contributed by atoms with Crippen molar-refractivity contribution in [2.24, 2.45) is 11.5 Å². The van der Waals surface area contributed by atoms with Crippen LogP contribution in [0.5, 0.6) is 0 Å². The van der Waals surface area contributed by atoms with Gasteiger partial charge in [0.15, 0.2) is 34.1 Å². The highest BCUT2D eigenvalue weighted by atomic mass is 16.4. The molecule has 0 aliphatic carbocycles. The highest BCUT2D eigenvalue weighted by Crippen LogP contribution is 2.12. The topological polar surface area (TPSA) is 352 Å². The SMILES string of the molecule is N#Cc1ccc2nc(C(=O)O)cn2c1.N#Cc1cccn2cc(C(=O)O)nc12.NC(=O)c1ccc2nc(C(=O)O)cn2c1.NC(=O)c1cccn2cc(C(=O)O)nc12. The third-order valence-corrected chi connectivity index (χ3v) is 7.54. The second-order valence-electron chi connectivity index (χ2n) is 11.3. The van der Waals surface area contributed by atoms with E-state index >= 15 is 0 Å². The number of aromatic carboxylic acids is 4. The van der Waals surface area contributed by atoms with Crippen LogP contribution in [0.2, 0.25) is 0 Å². The molecule has 0 unspecified atom stereocenters. The Kier molecular flexibility index (Phi) is 11.5. The fraction of sp³-hybridized carbons (Fsp3) is 0. The maximum atomic E-state index is 11.0. The first-order valence-corrected chi connectivity index (χ1v) is 15.9. The minimum atomic E-state index is -1.14. The highest BCUT2D eigenvalue weighted by Gasteiger charge is 2.14. The van der Waals surface area contributed by atoms with Gasteiger partial charge in [0.1, 0.15) is 23.4 Å². The minimum absolute atomic E-state index is 0.0277. The number of primary amides is 2. The van der Waals surface area contributed by atoms with Crippen LogP contribution in [0.4, 0.5) is 0 Å². The van der Waals surface area contributed by atoms with E-state index in [1.165, 1.54) is 73.0 Å². The average Bonchev–Trinajstić information content (AvgIpc) is 4.01. The minimum Gasteiger partial charge on any atom is -0.476 e. The number of aromatic nitrogens is 8.